The second-order valence-corrected chi connectivity index (χ2v) is 13.3. The van der Waals surface area contributed by atoms with Crippen molar-refractivity contribution in [2.75, 3.05) is 0 Å². The molecule has 0 fully saturated rings. The van der Waals surface area contributed by atoms with E-state index in [0.717, 1.165) is 20.3 Å². The Morgan fingerprint density at radius 1 is 0.316 bits per heavy atom. The van der Waals surface area contributed by atoms with Gasteiger partial charge in [-0.15, -0.1) is 0 Å². The lowest BCUT2D eigenvalue weighted by Crippen LogP contribution is -1.98. The summed E-state index contributed by atoms with van der Waals surface area (Å²) < 4.78 is 207. The van der Waals surface area contributed by atoms with Crippen LogP contribution in [-0.4, -0.2) is 13.7 Å². The highest BCUT2D eigenvalue weighted by Crippen LogP contribution is 2.42. The van der Waals surface area contributed by atoms with E-state index in [4.69, 9.17) is 13.7 Å². The molecule has 0 saturated carbocycles. The van der Waals surface area contributed by atoms with Crippen molar-refractivity contribution in [3.63, 3.8) is 0 Å². The predicted molar refractivity (Wildman–Crippen MR) is 240 cm³/mol. The zero-order valence-corrected chi connectivity index (χ0v) is 29.3. The monoisotopic (exact) mass is 747 g/mol. The van der Waals surface area contributed by atoms with E-state index in [9.17, 15) is 16.4 Å². The number of para-hydroxylation sites is 4. The molecule has 0 amide bonds. The normalized spacial score (nSPS) is 17.3. The number of nitrogens with zero attached hydrogens (tertiary/aromatic N) is 3. The van der Waals surface area contributed by atoms with Gasteiger partial charge in [0.2, 0.25) is 0 Å². The highest BCUT2D eigenvalue weighted by atomic mass is 15.0. The molecular formula is C54H35N3. The van der Waals surface area contributed by atoms with Gasteiger partial charge < -0.3 is 13.7 Å². The molecule has 0 aliphatic rings. The fourth-order valence-electron chi connectivity index (χ4n) is 7.80. The van der Waals surface area contributed by atoms with Gasteiger partial charge in [-0.1, -0.05) is 145 Å². The van der Waals surface area contributed by atoms with Gasteiger partial charge in [0.1, 0.15) is 0 Å². The van der Waals surface area contributed by atoms with Gasteiger partial charge >= 0.3 is 0 Å². The molecule has 0 saturated heterocycles. The molecule has 0 atom stereocenters. The van der Waals surface area contributed by atoms with Gasteiger partial charge in [-0.2, -0.15) is 0 Å². The zero-order valence-electron chi connectivity index (χ0n) is 51.3. The molecule has 3 nitrogen and oxygen atoms in total. The summed E-state index contributed by atoms with van der Waals surface area (Å²) in [7, 11) is 0. The largest absolute Gasteiger partial charge is 0.309 e. The van der Waals surface area contributed by atoms with E-state index in [2.05, 4.69) is 0 Å². The van der Waals surface area contributed by atoms with Crippen LogP contribution in [0.3, 0.4) is 0 Å². The van der Waals surface area contributed by atoms with Gasteiger partial charge in [0.25, 0.3) is 0 Å². The van der Waals surface area contributed by atoms with Crippen molar-refractivity contribution in [2.24, 2.45) is 0 Å². The number of fused-ring (bicyclic) bond motifs is 9. The maximum Gasteiger partial charge on any atom is 0.0667 e. The summed E-state index contributed by atoms with van der Waals surface area (Å²) in [6.07, 6.45) is 0. The summed E-state index contributed by atoms with van der Waals surface area (Å²) in [6.45, 7) is 0. The number of aromatic nitrogens is 3. The highest BCUT2D eigenvalue weighted by molar-refractivity contribution is 6.17. The van der Waals surface area contributed by atoms with Gasteiger partial charge in [0, 0.05) is 43.7 Å². The van der Waals surface area contributed by atoms with Gasteiger partial charge in [-0.3, -0.25) is 0 Å². The van der Waals surface area contributed by atoms with E-state index in [1.54, 1.807) is 12.1 Å². The highest BCUT2D eigenvalue weighted by Gasteiger charge is 2.21. The molecule has 3 heteroatoms. The molecule has 0 N–H and O–H groups in total. The number of benzene rings is 9. The lowest BCUT2D eigenvalue weighted by Gasteiger charge is -2.15. The molecule has 0 aliphatic heterocycles. The SMILES string of the molecule is [2H]c1c([2H])c([2H])c2c(c1[2H])c1c(-n3c4c([2H])c([2H])c([2H])c([2H])c4c4c([2H])c([2H])c(-n5c6c([2H])c([2H])c([2H])c([2H])c6c6c([2H])c([2H])c([2H])c([2H])c65)c([2H])c43)c([2H])c([2H])c([2H])c1n2-c1cc(-c2ccccc2)cc(-c2ccccc2)c1. The van der Waals surface area contributed by atoms with E-state index in [-0.39, 0.29) is 27.5 Å². The second kappa shape index (κ2) is 12.5. The Morgan fingerprint density at radius 3 is 1.35 bits per heavy atom. The first-order valence-electron chi connectivity index (χ1n) is 28.8. The van der Waals surface area contributed by atoms with E-state index >= 15 is 0 Å². The average Bonchev–Trinajstić information content (AvgIpc) is 4.18. The first-order chi connectivity index (χ1) is 37.5. The molecule has 57 heavy (non-hydrogen) atoms. The average molecular weight is 748 g/mol. The zero-order chi connectivity index (χ0) is 56.6. The molecule has 12 rings (SSSR count). The first kappa shape index (κ1) is 17.0. The molecule has 0 spiro atoms. The second-order valence-electron chi connectivity index (χ2n) is 13.3. The minimum absolute atomic E-state index is 0.224. The summed E-state index contributed by atoms with van der Waals surface area (Å²) in [5.74, 6) is 0. The van der Waals surface area contributed by atoms with Crippen LogP contribution < -0.4 is 0 Å². The molecule has 3 heterocycles. The maximum absolute atomic E-state index is 10.3. The van der Waals surface area contributed by atoms with Crippen molar-refractivity contribution in [1.29, 1.82) is 0 Å². The Morgan fingerprint density at radius 2 is 0.772 bits per heavy atom. The molecule has 0 unspecified atom stereocenters. The van der Waals surface area contributed by atoms with Crippen LogP contribution in [0.2, 0.25) is 0 Å². The topological polar surface area (TPSA) is 14.8 Å². The molecule has 0 radical (unpaired) electrons. The Kier molecular flexibility index (Phi) is 3.72. The van der Waals surface area contributed by atoms with Crippen LogP contribution in [-0.2, 0) is 0 Å². The minimum Gasteiger partial charge on any atom is -0.309 e. The predicted octanol–water partition coefficient (Wildman–Crippen LogP) is 14.3. The summed E-state index contributed by atoms with van der Waals surface area (Å²) in [6, 6.07) is 6.52. The van der Waals surface area contributed by atoms with Crippen molar-refractivity contribution in [3.8, 4) is 39.3 Å². The smallest absolute Gasteiger partial charge is 0.0667 e. The minimum atomic E-state index is -0.903. The summed E-state index contributed by atoms with van der Waals surface area (Å²) >= 11 is 0. The van der Waals surface area contributed by atoms with E-state index in [1.807, 2.05) is 66.7 Å². The first-order valence-corrected chi connectivity index (χ1v) is 17.8. The molecular weight excluding hydrogens is 691 g/mol. The van der Waals surface area contributed by atoms with Gasteiger partial charge in [-0.25, -0.2) is 0 Å². The van der Waals surface area contributed by atoms with Crippen molar-refractivity contribution >= 4 is 65.4 Å². The van der Waals surface area contributed by atoms with Gasteiger partial charge in [0.15, 0.2) is 0 Å². The van der Waals surface area contributed by atoms with Crippen LogP contribution >= 0.6 is 0 Å². The third kappa shape index (κ3) is 4.79. The molecule has 3 aromatic heterocycles. The third-order valence-electron chi connectivity index (χ3n) is 10.2. The number of hydrogen-bond acceptors (Lipinski definition) is 0. The van der Waals surface area contributed by atoms with Gasteiger partial charge in [-0.05, 0) is 88.8 Å². The van der Waals surface area contributed by atoms with Crippen LogP contribution in [0, 0.1) is 0 Å². The van der Waals surface area contributed by atoms with Crippen LogP contribution in [0.25, 0.3) is 105 Å². The molecule has 0 bridgehead atoms. The maximum atomic E-state index is 10.3. The van der Waals surface area contributed by atoms with Crippen molar-refractivity contribution in [3.05, 3.63) is 212 Å². The van der Waals surface area contributed by atoms with E-state index in [1.165, 1.54) is 4.57 Å². The summed E-state index contributed by atoms with van der Waals surface area (Å²) in [5, 5.41) is -2.45. The standard InChI is InChI=1S/C54H35N3/c1-3-16-36(17-4-1)38-32-39(37-18-5-2-6-19-37)34-41(33-38)56-50-27-14-10-23-46(50)54-51(56)28-15-29-52(54)57-49-26-13-9-22-44(49)45-31-30-40(35-53(45)57)55-47-24-11-7-20-42(47)43-21-8-12-25-48(43)55/h1-35H/i7D,8D,9D,10D,11D,12D,13D,14D,15D,20D,21D,22D,23D,24D,25D,26D,27D,28D,29D,30D,31D,35D. The molecule has 9 aromatic carbocycles. The van der Waals surface area contributed by atoms with Crippen LogP contribution in [0.15, 0.2) is 212 Å². The summed E-state index contributed by atoms with van der Waals surface area (Å²) in [5.41, 5.74) is -1.01. The van der Waals surface area contributed by atoms with Crippen molar-refractivity contribution in [2.45, 2.75) is 0 Å². The van der Waals surface area contributed by atoms with Crippen LogP contribution in [0.5, 0.6) is 0 Å². The van der Waals surface area contributed by atoms with Crippen LogP contribution in [0.1, 0.15) is 30.2 Å². The lowest BCUT2D eigenvalue weighted by atomic mass is 9.98. The van der Waals surface area contributed by atoms with Gasteiger partial charge in [0.05, 0.1) is 68.9 Å². The van der Waals surface area contributed by atoms with Crippen molar-refractivity contribution in [1.82, 2.24) is 13.7 Å². The summed E-state index contributed by atoms with van der Waals surface area (Å²) in [4.78, 5) is 0. The fraction of sp³-hybridized carbons (Fsp3) is 0. The molecule has 12 aromatic rings. The Balaban J connectivity index is 1.36. The van der Waals surface area contributed by atoms with Crippen molar-refractivity contribution < 1.29 is 30.2 Å². The Labute approximate surface area is 360 Å². The molecule has 0 aliphatic carbocycles. The third-order valence-corrected chi connectivity index (χ3v) is 10.2. The fourth-order valence-corrected chi connectivity index (χ4v) is 7.80. The Hall–Kier alpha value is -7.62. The van der Waals surface area contributed by atoms with E-state index < -0.39 is 188 Å². The quantitative estimate of drug-likeness (QED) is 0.167. The number of rotatable bonds is 5. The Bertz CT molecular complexity index is 4660. The van der Waals surface area contributed by atoms with E-state index in [0.29, 0.717) is 11.1 Å². The van der Waals surface area contributed by atoms with Crippen LogP contribution in [0.4, 0.5) is 0 Å². The number of hydrogen-bond donors (Lipinski definition) is 0. The molecule has 266 valence electrons. The lowest BCUT2D eigenvalue weighted by molar-refractivity contribution is 1.16.